The highest BCUT2D eigenvalue weighted by Gasteiger charge is 2.30. The molecular weight excluding hydrogens is 284 g/mol. The molecule has 7 heteroatoms. The predicted octanol–water partition coefficient (Wildman–Crippen LogP) is 0.703. The van der Waals surface area contributed by atoms with Crippen LogP contribution >= 0.6 is 0 Å². The van der Waals surface area contributed by atoms with Gasteiger partial charge in [0.1, 0.15) is 0 Å². The average molecular weight is 308 g/mol. The van der Waals surface area contributed by atoms with E-state index < -0.39 is 0 Å². The molecule has 3 rings (SSSR count). The van der Waals surface area contributed by atoms with Crippen LogP contribution in [0.5, 0.6) is 0 Å². The average Bonchev–Trinajstić information content (AvgIpc) is 3.03. The van der Waals surface area contributed by atoms with Gasteiger partial charge in [0.25, 0.3) is 0 Å². The molecule has 0 aromatic carbocycles. The minimum Gasteiger partial charge on any atom is -0.378 e. The van der Waals surface area contributed by atoms with Gasteiger partial charge in [-0.25, -0.2) is 0 Å². The maximum atomic E-state index is 12.6. The molecule has 0 N–H and O–H groups in total. The number of nitrogens with zero attached hydrogens (tertiary/aromatic N) is 4. The molecule has 22 heavy (non-hydrogen) atoms. The number of amides is 1. The van der Waals surface area contributed by atoms with Crippen molar-refractivity contribution in [2.24, 2.45) is 5.92 Å². The molecule has 1 atom stereocenters. The molecule has 1 unspecified atom stereocenters. The zero-order chi connectivity index (χ0) is 15.4. The Morgan fingerprint density at radius 1 is 1.32 bits per heavy atom. The SMILES string of the molecule is CCc1noc(CN2CCCC(C(=O)N3CCOCC3)C2)n1. The first-order chi connectivity index (χ1) is 10.8. The van der Waals surface area contributed by atoms with Crippen molar-refractivity contribution in [2.45, 2.75) is 32.7 Å². The van der Waals surface area contributed by atoms with Crippen molar-refractivity contribution in [3.63, 3.8) is 0 Å². The van der Waals surface area contributed by atoms with Gasteiger partial charge in [0.15, 0.2) is 5.82 Å². The highest BCUT2D eigenvalue weighted by Crippen LogP contribution is 2.21. The summed E-state index contributed by atoms with van der Waals surface area (Å²) in [5, 5.41) is 3.93. The summed E-state index contributed by atoms with van der Waals surface area (Å²) in [4.78, 5) is 21.1. The van der Waals surface area contributed by atoms with Gasteiger partial charge in [-0.05, 0) is 19.4 Å². The van der Waals surface area contributed by atoms with E-state index in [4.69, 9.17) is 9.26 Å². The fourth-order valence-electron chi connectivity index (χ4n) is 3.13. The number of piperidine rings is 1. The Kier molecular flexibility index (Phi) is 5.04. The summed E-state index contributed by atoms with van der Waals surface area (Å²) >= 11 is 0. The van der Waals surface area contributed by atoms with Gasteiger partial charge in [-0.2, -0.15) is 4.98 Å². The van der Waals surface area contributed by atoms with Crippen LogP contribution in [0.15, 0.2) is 4.52 Å². The summed E-state index contributed by atoms with van der Waals surface area (Å²) in [6.07, 6.45) is 2.79. The molecule has 1 aromatic heterocycles. The highest BCUT2D eigenvalue weighted by molar-refractivity contribution is 5.79. The molecule has 2 saturated heterocycles. The van der Waals surface area contributed by atoms with Crippen LogP contribution in [0.25, 0.3) is 0 Å². The van der Waals surface area contributed by atoms with E-state index in [1.165, 1.54) is 0 Å². The van der Waals surface area contributed by atoms with E-state index in [0.717, 1.165) is 51.3 Å². The fourth-order valence-corrected chi connectivity index (χ4v) is 3.13. The van der Waals surface area contributed by atoms with E-state index >= 15 is 0 Å². The van der Waals surface area contributed by atoms with E-state index in [9.17, 15) is 4.79 Å². The Balaban J connectivity index is 1.55. The van der Waals surface area contributed by atoms with Crippen LogP contribution in [-0.2, 0) is 22.5 Å². The van der Waals surface area contributed by atoms with Crippen molar-refractivity contribution in [1.82, 2.24) is 19.9 Å². The molecular formula is C15H24N4O3. The minimum absolute atomic E-state index is 0.0837. The molecule has 1 amide bonds. The maximum absolute atomic E-state index is 12.6. The highest BCUT2D eigenvalue weighted by atomic mass is 16.5. The second-order valence-electron chi connectivity index (χ2n) is 5.97. The molecule has 2 aliphatic rings. The number of carbonyl (C=O) groups excluding carboxylic acids is 1. The van der Waals surface area contributed by atoms with Crippen LogP contribution in [0, 0.1) is 5.92 Å². The second kappa shape index (κ2) is 7.19. The first-order valence-electron chi connectivity index (χ1n) is 8.16. The molecule has 0 spiro atoms. The summed E-state index contributed by atoms with van der Waals surface area (Å²) < 4.78 is 10.6. The zero-order valence-corrected chi connectivity index (χ0v) is 13.2. The van der Waals surface area contributed by atoms with Crippen molar-refractivity contribution >= 4 is 5.91 Å². The molecule has 2 aliphatic heterocycles. The van der Waals surface area contributed by atoms with Crippen LogP contribution < -0.4 is 0 Å². The lowest BCUT2D eigenvalue weighted by Crippen LogP contribution is -2.48. The number of rotatable bonds is 4. The molecule has 2 fully saturated rings. The van der Waals surface area contributed by atoms with Gasteiger partial charge in [-0.1, -0.05) is 12.1 Å². The van der Waals surface area contributed by atoms with Gasteiger partial charge < -0.3 is 14.2 Å². The normalized spacial score (nSPS) is 23.7. The fraction of sp³-hybridized carbons (Fsp3) is 0.800. The Bertz CT molecular complexity index is 499. The Morgan fingerprint density at radius 3 is 2.86 bits per heavy atom. The third-order valence-corrected chi connectivity index (χ3v) is 4.36. The van der Waals surface area contributed by atoms with Gasteiger partial charge in [0, 0.05) is 26.1 Å². The standard InChI is InChI=1S/C15H24N4O3/c1-2-13-16-14(22-17-13)11-18-5-3-4-12(10-18)15(20)19-6-8-21-9-7-19/h12H,2-11H2,1H3. The number of hydrogen-bond acceptors (Lipinski definition) is 6. The van der Waals surface area contributed by atoms with Crippen LogP contribution in [0.4, 0.5) is 0 Å². The van der Waals surface area contributed by atoms with E-state index in [2.05, 4.69) is 15.0 Å². The lowest BCUT2D eigenvalue weighted by atomic mass is 9.96. The lowest BCUT2D eigenvalue weighted by Gasteiger charge is -2.35. The van der Waals surface area contributed by atoms with Crippen LogP contribution in [-0.4, -0.2) is 65.2 Å². The number of morpholine rings is 1. The van der Waals surface area contributed by atoms with Gasteiger partial charge in [0.2, 0.25) is 11.8 Å². The summed E-state index contributed by atoms with van der Waals surface area (Å²) in [6.45, 7) is 7.16. The third kappa shape index (κ3) is 3.64. The quantitative estimate of drug-likeness (QED) is 0.815. The molecule has 122 valence electrons. The Labute approximate surface area is 130 Å². The maximum Gasteiger partial charge on any atom is 0.240 e. The Hall–Kier alpha value is -1.47. The molecule has 3 heterocycles. The van der Waals surface area contributed by atoms with E-state index in [0.29, 0.717) is 25.6 Å². The van der Waals surface area contributed by atoms with Crippen LogP contribution in [0.1, 0.15) is 31.5 Å². The molecule has 0 radical (unpaired) electrons. The van der Waals surface area contributed by atoms with Crippen molar-refractivity contribution in [3.8, 4) is 0 Å². The first kappa shape index (κ1) is 15.4. The van der Waals surface area contributed by atoms with Gasteiger partial charge in [0.05, 0.1) is 25.7 Å². The number of aryl methyl sites for hydroxylation is 1. The van der Waals surface area contributed by atoms with Crippen LogP contribution in [0.2, 0.25) is 0 Å². The van der Waals surface area contributed by atoms with Crippen LogP contribution in [0.3, 0.4) is 0 Å². The topological polar surface area (TPSA) is 71.7 Å². The monoisotopic (exact) mass is 308 g/mol. The number of likely N-dealkylation sites (tertiary alicyclic amines) is 1. The second-order valence-corrected chi connectivity index (χ2v) is 5.97. The van der Waals surface area contributed by atoms with Gasteiger partial charge in [-0.3, -0.25) is 9.69 Å². The number of aromatic nitrogens is 2. The van der Waals surface area contributed by atoms with E-state index in [-0.39, 0.29) is 11.8 Å². The Morgan fingerprint density at radius 2 is 2.14 bits per heavy atom. The summed E-state index contributed by atoms with van der Waals surface area (Å²) in [7, 11) is 0. The number of hydrogen-bond donors (Lipinski definition) is 0. The lowest BCUT2D eigenvalue weighted by molar-refractivity contribution is -0.141. The van der Waals surface area contributed by atoms with E-state index in [1.54, 1.807) is 0 Å². The van der Waals surface area contributed by atoms with Crippen molar-refractivity contribution < 1.29 is 14.1 Å². The summed E-state index contributed by atoms with van der Waals surface area (Å²) in [6, 6.07) is 0. The molecule has 0 saturated carbocycles. The molecule has 0 bridgehead atoms. The predicted molar refractivity (Wildman–Crippen MR) is 79.1 cm³/mol. The summed E-state index contributed by atoms with van der Waals surface area (Å²) in [5.74, 6) is 1.75. The van der Waals surface area contributed by atoms with Crippen molar-refractivity contribution in [3.05, 3.63) is 11.7 Å². The van der Waals surface area contributed by atoms with Crippen molar-refractivity contribution in [1.29, 1.82) is 0 Å². The number of ether oxygens (including phenoxy) is 1. The van der Waals surface area contributed by atoms with Gasteiger partial charge >= 0.3 is 0 Å². The molecule has 1 aromatic rings. The smallest absolute Gasteiger partial charge is 0.240 e. The molecule has 7 nitrogen and oxygen atoms in total. The third-order valence-electron chi connectivity index (χ3n) is 4.36. The number of carbonyl (C=O) groups is 1. The van der Waals surface area contributed by atoms with Crippen molar-refractivity contribution in [2.75, 3.05) is 39.4 Å². The minimum atomic E-state index is 0.0837. The first-order valence-corrected chi connectivity index (χ1v) is 8.16. The zero-order valence-electron chi connectivity index (χ0n) is 13.2. The largest absolute Gasteiger partial charge is 0.378 e. The van der Waals surface area contributed by atoms with Gasteiger partial charge in [-0.15, -0.1) is 0 Å². The summed E-state index contributed by atoms with van der Waals surface area (Å²) in [5.41, 5.74) is 0. The van der Waals surface area contributed by atoms with E-state index in [1.807, 2.05) is 11.8 Å². The molecule has 0 aliphatic carbocycles.